The summed E-state index contributed by atoms with van der Waals surface area (Å²) in [6.07, 6.45) is 2.20. The molecule has 1 aliphatic rings. The largest absolute Gasteiger partial charge is 0.455 e. The van der Waals surface area contributed by atoms with E-state index in [1.54, 1.807) is 0 Å². The van der Waals surface area contributed by atoms with E-state index in [2.05, 4.69) is 107 Å². The minimum Gasteiger partial charge on any atom is -0.455 e. The van der Waals surface area contributed by atoms with E-state index >= 15 is 0 Å². The summed E-state index contributed by atoms with van der Waals surface area (Å²) in [4.78, 5) is 0. The third kappa shape index (κ3) is 2.50. The molecule has 5 aromatic rings. The molecule has 2 heteroatoms. The number of hydrogen-bond donors (Lipinski definition) is 0. The Kier molecular flexibility index (Phi) is 3.81. The van der Waals surface area contributed by atoms with Gasteiger partial charge in [0.25, 0.3) is 0 Å². The summed E-state index contributed by atoms with van der Waals surface area (Å²) in [7, 11) is 2.15. The van der Waals surface area contributed by atoms with Gasteiger partial charge in [-0.05, 0) is 52.4 Å². The smallest absolute Gasteiger partial charge is 0.228 e. The van der Waals surface area contributed by atoms with Crippen LogP contribution in [0.25, 0.3) is 43.6 Å². The first-order valence-electron chi connectivity index (χ1n) is 11.4. The van der Waals surface area contributed by atoms with E-state index in [9.17, 15) is 0 Å². The van der Waals surface area contributed by atoms with Crippen LogP contribution in [0, 0.1) is 13.8 Å². The number of pyridine rings is 1. The van der Waals surface area contributed by atoms with Crippen LogP contribution in [0.2, 0.25) is 0 Å². The summed E-state index contributed by atoms with van der Waals surface area (Å²) in [5.41, 5.74) is 6.23. The minimum atomic E-state index is -0.0607. The lowest BCUT2D eigenvalue weighted by Crippen LogP contribution is -2.32. The molecule has 4 aromatic carbocycles. The first-order valence-corrected chi connectivity index (χ1v) is 11.4. The van der Waals surface area contributed by atoms with Crippen molar-refractivity contribution in [1.82, 2.24) is 0 Å². The maximum Gasteiger partial charge on any atom is 0.228 e. The zero-order valence-electron chi connectivity index (χ0n) is 19.6. The van der Waals surface area contributed by atoms with E-state index in [1.807, 2.05) is 0 Å². The average molecular weight is 419 g/mol. The molecule has 0 saturated carbocycles. The highest BCUT2D eigenvalue weighted by atomic mass is 16.5. The molecule has 0 fully saturated rings. The summed E-state index contributed by atoms with van der Waals surface area (Å²) in [5.74, 6) is 1.97. The van der Waals surface area contributed by atoms with Crippen LogP contribution in [0.4, 0.5) is 0 Å². The normalized spacial score (nSPS) is 12.9. The van der Waals surface area contributed by atoms with Gasteiger partial charge in [-0.3, -0.25) is 0 Å². The maximum atomic E-state index is 6.89. The molecule has 2 heterocycles. The van der Waals surface area contributed by atoms with Gasteiger partial charge in [-0.2, -0.15) is 0 Å². The van der Waals surface area contributed by atoms with Crippen molar-refractivity contribution >= 4 is 32.3 Å². The zero-order chi connectivity index (χ0) is 22.4. The molecular formula is C30H28NO+. The average Bonchev–Trinajstić information content (AvgIpc) is 2.74. The number of nitrogens with zero attached hydrogens (tertiary/aromatic N) is 1. The van der Waals surface area contributed by atoms with E-state index < -0.39 is 0 Å². The number of aryl methyl sites for hydroxylation is 3. The fraction of sp³-hybridized carbons (Fsp3) is 0.233. The predicted molar refractivity (Wildman–Crippen MR) is 134 cm³/mol. The Labute approximate surface area is 189 Å². The van der Waals surface area contributed by atoms with Gasteiger partial charge in [0.2, 0.25) is 5.69 Å². The van der Waals surface area contributed by atoms with Crippen LogP contribution >= 0.6 is 0 Å². The molecule has 0 bridgehead atoms. The number of rotatable bonds is 0. The van der Waals surface area contributed by atoms with Gasteiger partial charge in [0, 0.05) is 17.0 Å². The molecule has 6 rings (SSSR count). The van der Waals surface area contributed by atoms with E-state index in [0.29, 0.717) is 0 Å². The molecule has 0 amide bonds. The summed E-state index contributed by atoms with van der Waals surface area (Å²) < 4.78 is 9.15. The monoisotopic (exact) mass is 418 g/mol. The summed E-state index contributed by atoms with van der Waals surface area (Å²) in [6, 6.07) is 19.9. The fourth-order valence-electron chi connectivity index (χ4n) is 5.59. The maximum absolute atomic E-state index is 6.89. The Morgan fingerprint density at radius 2 is 1.56 bits per heavy atom. The van der Waals surface area contributed by atoms with Gasteiger partial charge in [-0.25, -0.2) is 4.57 Å². The number of aromatic nitrogens is 1. The molecule has 1 aromatic heterocycles. The lowest BCUT2D eigenvalue weighted by atomic mass is 9.78. The summed E-state index contributed by atoms with van der Waals surface area (Å²) in [5, 5.41) is 7.55. The highest BCUT2D eigenvalue weighted by molar-refractivity contribution is 6.16. The van der Waals surface area contributed by atoms with Crippen LogP contribution in [0.15, 0.2) is 60.8 Å². The third-order valence-corrected chi connectivity index (χ3v) is 6.98. The summed E-state index contributed by atoms with van der Waals surface area (Å²) in [6.45, 7) is 11.2. The van der Waals surface area contributed by atoms with Gasteiger partial charge < -0.3 is 4.74 Å². The second kappa shape index (κ2) is 6.32. The molecule has 0 aliphatic carbocycles. The van der Waals surface area contributed by atoms with Crippen molar-refractivity contribution in [2.24, 2.45) is 7.05 Å². The number of ether oxygens (including phenoxy) is 1. The molecule has 1 aliphatic heterocycles. The van der Waals surface area contributed by atoms with Crippen LogP contribution in [-0.2, 0) is 12.5 Å². The van der Waals surface area contributed by atoms with Gasteiger partial charge in [0.1, 0.15) is 18.5 Å². The molecule has 0 unspecified atom stereocenters. The number of benzene rings is 4. The topological polar surface area (TPSA) is 13.1 Å². The van der Waals surface area contributed by atoms with Crippen molar-refractivity contribution in [3.8, 4) is 22.8 Å². The number of hydrogen-bond acceptors (Lipinski definition) is 1. The Bertz CT molecular complexity index is 1600. The first-order chi connectivity index (χ1) is 15.3. The Hall–Kier alpha value is -3.39. The molecule has 0 spiro atoms. The van der Waals surface area contributed by atoms with Crippen molar-refractivity contribution < 1.29 is 9.30 Å². The minimum absolute atomic E-state index is 0.0607. The molecular weight excluding hydrogens is 390 g/mol. The molecule has 2 nitrogen and oxygen atoms in total. The SMILES string of the molecule is Cc1ccc2c(c1)cc1c3c([n+](C)ccc32)-c2c(c(C(C)(C)C)c3ccccc3c2C)O1. The van der Waals surface area contributed by atoms with Gasteiger partial charge in [0.15, 0.2) is 6.20 Å². The van der Waals surface area contributed by atoms with Crippen LogP contribution < -0.4 is 9.30 Å². The molecule has 0 saturated heterocycles. The number of fused-ring (bicyclic) bond motifs is 5. The Morgan fingerprint density at radius 3 is 2.31 bits per heavy atom. The van der Waals surface area contributed by atoms with Crippen molar-refractivity contribution in [3.05, 3.63) is 77.5 Å². The third-order valence-electron chi connectivity index (χ3n) is 6.98. The lowest BCUT2D eigenvalue weighted by Gasteiger charge is -2.30. The molecule has 158 valence electrons. The van der Waals surface area contributed by atoms with Gasteiger partial charge in [0.05, 0.1) is 10.9 Å². The molecule has 32 heavy (non-hydrogen) atoms. The van der Waals surface area contributed by atoms with Crippen LogP contribution in [0.1, 0.15) is 37.5 Å². The Balaban J connectivity index is 1.87. The predicted octanol–water partition coefficient (Wildman–Crippen LogP) is 7.66. The molecule has 0 atom stereocenters. The van der Waals surface area contributed by atoms with Gasteiger partial charge in [-0.1, -0.05) is 68.8 Å². The zero-order valence-corrected chi connectivity index (χ0v) is 19.6. The van der Waals surface area contributed by atoms with Crippen LogP contribution in [0.3, 0.4) is 0 Å². The first kappa shape index (κ1) is 19.3. The van der Waals surface area contributed by atoms with E-state index in [-0.39, 0.29) is 5.41 Å². The lowest BCUT2D eigenvalue weighted by molar-refractivity contribution is -0.659. The van der Waals surface area contributed by atoms with Crippen molar-refractivity contribution in [2.75, 3.05) is 0 Å². The van der Waals surface area contributed by atoms with Crippen molar-refractivity contribution in [2.45, 2.75) is 40.0 Å². The van der Waals surface area contributed by atoms with Crippen LogP contribution in [0.5, 0.6) is 11.5 Å². The van der Waals surface area contributed by atoms with Gasteiger partial charge >= 0.3 is 0 Å². The van der Waals surface area contributed by atoms with E-state index in [0.717, 1.165) is 11.5 Å². The quantitative estimate of drug-likeness (QED) is 0.182. The second-order valence-electron chi connectivity index (χ2n) is 10.3. The van der Waals surface area contributed by atoms with Crippen LogP contribution in [-0.4, -0.2) is 0 Å². The highest BCUT2D eigenvalue weighted by Gasteiger charge is 2.36. The van der Waals surface area contributed by atoms with E-state index in [4.69, 9.17) is 4.74 Å². The fourth-order valence-corrected chi connectivity index (χ4v) is 5.59. The van der Waals surface area contributed by atoms with Gasteiger partial charge in [-0.15, -0.1) is 0 Å². The van der Waals surface area contributed by atoms with Crippen molar-refractivity contribution in [1.29, 1.82) is 0 Å². The molecule has 0 radical (unpaired) electrons. The summed E-state index contributed by atoms with van der Waals surface area (Å²) >= 11 is 0. The van der Waals surface area contributed by atoms with Crippen molar-refractivity contribution in [3.63, 3.8) is 0 Å². The standard InChI is InChI=1S/C30H28NO/c1-17-11-12-21-19(15-17)16-24-26-22(21)13-14-31(6)28(26)25-18(2)20-9-7-8-10-23(20)27(29(25)32-24)30(3,4)5/h7-16H,1-6H3/q+1. The highest BCUT2D eigenvalue weighted by Crippen LogP contribution is 2.54. The Morgan fingerprint density at radius 1 is 0.812 bits per heavy atom. The van der Waals surface area contributed by atoms with E-state index in [1.165, 1.54) is 60.3 Å². The molecule has 0 N–H and O–H groups in total. The second-order valence-corrected chi connectivity index (χ2v) is 10.3.